The van der Waals surface area contributed by atoms with E-state index in [9.17, 15) is 4.79 Å². The molecule has 0 fully saturated rings. The van der Waals surface area contributed by atoms with Crippen LogP contribution in [0.1, 0.15) is 0 Å². The van der Waals surface area contributed by atoms with Gasteiger partial charge in [-0.1, -0.05) is 22.0 Å². The van der Waals surface area contributed by atoms with Crippen molar-refractivity contribution < 1.29 is 9.53 Å². The molecule has 0 atom stereocenters. The second-order valence-electron chi connectivity index (χ2n) is 3.19. The summed E-state index contributed by atoms with van der Waals surface area (Å²) in [7, 11) is 1.39. The zero-order valence-electron chi connectivity index (χ0n) is 8.24. The van der Waals surface area contributed by atoms with Crippen molar-refractivity contribution in [2.75, 3.05) is 7.11 Å². The summed E-state index contributed by atoms with van der Waals surface area (Å²) in [5, 5.41) is 1.10. The second kappa shape index (κ2) is 4.06. The summed E-state index contributed by atoms with van der Waals surface area (Å²) in [6, 6.07) is 7.87. The number of carbonyl (C=O) groups excluding carboxylic acids is 1. The molecule has 2 aromatic rings. The lowest BCUT2D eigenvalue weighted by atomic mass is 10.2. The van der Waals surface area contributed by atoms with E-state index in [1.54, 1.807) is 0 Å². The molecule has 0 saturated heterocycles. The summed E-state index contributed by atoms with van der Waals surface area (Å²) in [6.07, 6.45) is 1.88. The largest absolute Gasteiger partial charge is 0.468 e. The topological polar surface area (TPSA) is 31.2 Å². The number of methoxy groups -OCH3 is 1. The summed E-state index contributed by atoms with van der Waals surface area (Å²) >= 11 is 3.46. The van der Waals surface area contributed by atoms with Gasteiger partial charge in [0.2, 0.25) is 0 Å². The Labute approximate surface area is 95.8 Å². The Morgan fingerprint density at radius 2 is 2.27 bits per heavy atom. The zero-order valence-corrected chi connectivity index (χ0v) is 9.82. The van der Waals surface area contributed by atoms with Crippen molar-refractivity contribution in [1.82, 2.24) is 4.57 Å². The van der Waals surface area contributed by atoms with Crippen molar-refractivity contribution in [3.8, 4) is 0 Å². The maximum atomic E-state index is 11.2. The highest BCUT2D eigenvalue weighted by Crippen LogP contribution is 2.24. The van der Waals surface area contributed by atoms with Crippen LogP contribution in [0.5, 0.6) is 0 Å². The fourth-order valence-corrected chi connectivity index (χ4v) is 2.02. The van der Waals surface area contributed by atoms with E-state index in [-0.39, 0.29) is 12.5 Å². The van der Waals surface area contributed by atoms with Crippen LogP contribution in [0.15, 0.2) is 34.9 Å². The molecule has 3 nitrogen and oxygen atoms in total. The first-order valence-corrected chi connectivity index (χ1v) is 5.32. The average molecular weight is 268 g/mol. The van der Waals surface area contributed by atoms with Crippen LogP contribution in [0.2, 0.25) is 0 Å². The highest BCUT2D eigenvalue weighted by molar-refractivity contribution is 9.10. The maximum Gasteiger partial charge on any atom is 0.325 e. The van der Waals surface area contributed by atoms with Crippen LogP contribution >= 0.6 is 15.9 Å². The van der Waals surface area contributed by atoms with E-state index in [1.165, 1.54) is 7.11 Å². The number of fused-ring (bicyclic) bond motifs is 1. The fraction of sp³-hybridized carbons (Fsp3) is 0.182. The summed E-state index contributed by atoms with van der Waals surface area (Å²) in [5.74, 6) is -0.243. The van der Waals surface area contributed by atoms with Crippen LogP contribution in [0.3, 0.4) is 0 Å². The third kappa shape index (κ3) is 1.90. The molecule has 0 amide bonds. The highest BCUT2D eigenvalue weighted by Gasteiger charge is 2.07. The molecule has 1 heterocycles. The maximum absolute atomic E-state index is 11.2. The van der Waals surface area contributed by atoms with Gasteiger partial charge in [-0.2, -0.15) is 0 Å². The van der Waals surface area contributed by atoms with Crippen molar-refractivity contribution in [3.05, 3.63) is 34.9 Å². The van der Waals surface area contributed by atoms with Crippen molar-refractivity contribution >= 4 is 32.8 Å². The van der Waals surface area contributed by atoms with Gasteiger partial charge in [-0.3, -0.25) is 4.79 Å². The first-order chi connectivity index (χ1) is 7.22. The minimum atomic E-state index is -0.243. The van der Waals surface area contributed by atoms with Crippen LogP contribution in [0, 0.1) is 0 Å². The summed E-state index contributed by atoms with van der Waals surface area (Å²) < 4.78 is 7.53. The number of ether oxygens (including phenoxy) is 1. The van der Waals surface area contributed by atoms with Gasteiger partial charge in [-0.15, -0.1) is 0 Å². The summed E-state index contributed by atoms with van der Waals surface area (Å²) in [6.45, 7) is 0.246. The van der Waals surface area contributed by atoms with E-state index in [2.05, 4.69) is 20.7 Å². The van der Waals surface area contributed by atoms with Gasteiger partial charge >= 0.3 is 5.97 Å². The summed E-state index contributed by atoms with van der Waals surface area (Å²) in [5.41, 5.74) is 1.02. The van der Waals surface area contributed by atoms with Gasteiger partial charge in [0.1, 0.15) is 6.54 Å². The number of rotatable bonds is 2. The lowest BCUT2D eigenvalue weighted by Crippen LogP contribution is -2.10. The van der Waals surface area contributed by atoms with E-state index >= 15 is 0 Å². The lowest BCUT2D eigenvalue weighted by molar-refractivity contribution is -0.141. The van der Waals surface area contributed by atoms with E-state index in [0.29, 0.717) is 0 Å². The molecule has 0 unspecified atom stereocenters. The first kappa shape index (κ1) is 10.2. The Balaban J connectivity index is 2.45. The molecule has 2 rings (SSSR count). The van der Waals surface area contributed by atoms with E-state index in [1.807, 2.05) is 35.0 Å². The van der Waals surface area contributed by atoms with E-state index < -0.39 is 0 Å². The molecule has 0 N–H and O–H groups in total. The number of halogens is 1. The predicted molar refractivity (Wildman–Crippen MR) is 61.7 cm³/mol. The molecule has 0 radical (unpaired) electrons. The van der Waals surface area contributed by atoms with Gasteiger partial charge in [-0.05, 0) is 18.2 Å². The van der Waals surface area contributed by atoms with Crippen LogP contribution in [-0.2, 0) is 16.1 Å². The zero-order chi connectivity index (χ0) is 10.8. The number of hydrogen-bond donors (Lipinski definition) is 0. The first-order valence-electron chi connectivity index (χ1n) is 4.52. The van der Waals surface area contributed by atoms with Crippen molar-refractivity contribution in [3.63, 3.8) is 0 Å². The average Bonchev–Trinajstić information content (AvgIpc) is 2.63. The fourth-order valence-electron chi connectivity index (χ4n) is 1.53. The Kier molecular flexibility index (Phi) is 2.77. The second-order valence-corrected chi connectivity index (χ2v) is 4.05. The minimum Gasteiger partial charge on any atom is -0.468 e. The Morgan fingerprint density at radius 1 is 1.47 bits per heavy atom. The normalized spacial score (nSPS) is 10.5. The van der Waals surface area contributed by atoms with Crippen LogP contribution in [-0.4, -0.2) is 17.6 Å². The van der Waals surface area contributed by atoms with Gasteiger partial charge in [0.05, 0.1) is 7.11 Å². The molecule has 1 aromatic carbocycles. The van der Waals surface area contributed by atoms with E-state index in [0.717, 1.165) is 15.4 Å². The van der Waals surface area contributed by atoms with Crippen molar-refractivity contribution in [2.45, 2.75) is 6.54 Å². The third-order valence-electron chi connectivity index (χ3n) is 2.29. The molecule has 0 aliphatic heterocycles. The molecule has 0 aliphatic carbocycles. The third-order valence-corrected chi connectivity index (χ3v) is 2.98. The molecule has 4 heteroatoms. The number of nitrogens with zero attached hydrogens (tertiary/aromatic N) is 1. The molecule has 1 aromatic heterocycles. The van der Waals surface area contributed by atoms with E-state index in [4.69, 9.17) is 0 Å². The summed E-state index contributed by atoms with van der Waals surface area (Å²) in [4.78, 5) is 11.2. The molecule has 0 saturated carbocycles. The Morgan fingerprint density at radius 3 is 3.00 bits per heavy atom. The number of aromatic nitrogens is 1. The smallest absolute Gasteiger partial charge is 0.325 e. The number of esters is 1. The lowest BCUT2D eigenvalue weighted by Gasteiger charge is -2.03. The SMILES string of the molecule is COC(=O)Cn1ccc2c(Br)cccc21. The Bertz CT molecular complexity index is 504. The van der Waals surface area contributed by atoms with Gasteiger partial charge in [0.25, 0.3) is 0 Å². The molecule has 0 spiro atoms. The standard InChI is InChI=1S/C11H10BrNO2/c1-15-11(14)7-13-6-5-8-9(12)3-2-4-10(8)13/h2-6H,7H2,1H3. The molecule has 0 bridgehead atoms. The molecular weight excluding hydrogens is 258 g/mol. The van der Waals surface area contributed by atoms with Crippen LogP contribution < -0.4 is 0 Å². The monoisotopic (exact) mass is 267 g/mol. The molecule has 78 valence electrons. The number of hydrogen-bond acceptors (Lipinski definition) is 2. The Hall–Kier alpha value is -1.29. The van der Waals surface area contributed by atoms with Gasteiger partial charge < -0.3 is 9.30 Å². The highest BCUT2D eigenvalue weighted by atomic mass is 79.9. The molecule has 15 heavy (non-hydrogen) atoms. The molecule has 0 aliphatic rings. The van der Waals surface area contributed by atoms with Crippen molar-refractivity contribution in [1.29, 1.82) is 0 Å². The molecular formula is C11H10BrNO2. The number of carbonyl (C=O) groups is 1. The van der Waals surface area contributed by atoms with Crippen LogP contribution in [0.4, 0.5) is 0 Å². The van der Waals surface area contributed by atoms with Crippen molar-refractivity contribution in [2.24, 2.45) is 0 Å². The van der Waals surface area contributed by atoms with Gasteiger partial charge in [0.15, 0.2) is 0 Å². The van der Waals surface area contributed by atoms with Crippen LogP contribution in [0.25, 0.3) is 10.9 Å². The number of benzene rings is 1. The van der Waals surface area contributed by atoms with Gasteiger partial charge in [-0.25, -0.2) is 0 Å². The predicted octanol–water partition coefficient (Wildman–Crippen LogP) is 2.58. The quantitative estimate of drug-likeness (QED) is 0.784. The minimum absolute atomic E-state index is 0.243. The van der Waals surface area contributed by atoms with Gasteiger partial charge in [0, 0.05) is 21.6 Å².